The highest BCUT2D eigenvalue weighted by Crippen LogP contribution is 2.27. The van der Waals surface area contributed by atoms with Crippen molar-refractivity contribution in [3.63, 3.8) is 0 Å². The molecule has 27 heavy (non-hydrogen) atoms. The molecule has 6 heteroatoms. The summed E-state index contributed by atoms with van der Waals surface area (Å²) in [5, 5.41) is 9.03. The molecule has 0 bridgehead atoms. The van der Waals surface area contributed by atoms with Gasteiger partial charge in [-0.2, -0.15) is 0 Å². The van der Waals surface area contributed by atoms with Crippen LogP contribution in [0.25, 0.3) is 0 Å². The van der Waals surface area contributed by atoms with Crippen LogP contribution in [0.2, 0.25) is 0 Å². The maximum atomic E-state index is 13.4. The van der Waals surface area contributed by atoms with E-state index >= 15 is 0 Å². The Morgan fingerprint density at radius 1 is 1.15 bits per heavy atom. The van der Waals surface area contributed by atoms with E-state index in [1.807, 2.05) is 47.8 Å². The molecule has 3 aromatic rings. The highest BCUT2D eigenvalue weighted by Gasteiger charge is 2.31. The first-order valence-corrected chi connectivity index (χ1v) is 9.46. The van der Waals surface area contributed by atoms with Crippen molar-refractivity contribution < 1.29 is 14.0 Å². The lowest BCUT2D eigenvalue weighted by atomic mass is 10.0. The molecule has 1 aliphatic heterocycles. The molecule has 0 radical (unpaired) electrons. The summed E-state index contributed by atoms with van der Waals surface area (Å²) >= 11 is 1.58. The number of oxime groups is 1. The number of carbonyl (C=O) groups is 1. The summed E-state index contributed by atoms with van der Waals surface area (Å²) in [5.74, 6) is -0.586. The van der Waals surface area contributed by atoms with Gasteiger partial charge in [-0.25, -0.2) is 4.39 Å². The largest absolute Gasteiger partial charge is 0.382 e. The van der Waals surface area contributed by atoms with E-state index < -0.39 is 6.10 Å². The summed E-state index contributed by atoms with van der Waals surface area (Å²) in [6, 6.07) is 19.6. The summed E-state index contributed by atoms with van der Waals surface area (Å²) < 4.78 is 13.4. The normalized spacial score (nSPS) is 17.1. The van der Waals surface area contributed by atoms with Crippen molar-refractivity contribution in [2.45, 2.75) is 18.6 Å². The van der Waals surface area contributed by atoms with Crippen LogP contribution in [0.1, 0.15) is 28.5 Å². The third-order valence-corrected chi connectivity index (χ3v) is 5.30. The zero-order valence-electron chi connectivity index (χ0n) is 14.3. The van der Waals surface area contributed by atoms with Gasteiger partial charge in [0.2, 0.25) is 6.10 Å². The molecule has 0 aliphatic carbocycles. The third kappa shape index (κ3) is 3.90. The van der Waals surface area contributed by atoms with Gasteiger partial charge in [0.05, 0.1) is 11.8 Å². The number of thiophene rings is 1. The van der Waals surface area contributed by atoms with Gasteiger partial charge in [-0.05, 0) is 29.1 Å². The summed E-state index contributed by atoms with van der Waals surface area (Å²) in [4.78, 5) is 19.2. The number of amides is 1. The molecule has 1 amide bonds. The summed E-state index contributed by atoms with van der Waals surface area (Å²) in [6.45, 7) is 0. The molecule has 2 atom stereocenters. The molecule has 0 spiro atoms. The zero-order valence-corrected chi connectivity index (χ0v) is 15.2. The second-order valence-corrected chi connectivity index (χ2v) is 7.19. The van der Waals surface area contributed by atoms with Crippen LogP contribution in [0.3, 0.4) is 0 Å². The molecule has 136 valence electrons. The van der Waals surface area contributed by atoms with Crippen LogP contribution in [0.15, 0.2) is 77.3 Å². The fraction of sp³-hybridized carbons (Fsp3) is 0.143. The predicted molar refractivity (Wildman–Crippen MR) is 103 cm³/mol. The molecule has 4 nitrogen and oxygen atoms in total. The minimum atomic E-state index is -0.727. The summed E-state index contributed by atoms with van der Waals surface area (Å²) in [6.07, 6.45) is -0.421. The molecular formula is C21H17FN2O2S. The Kier molecular flexibility index (Phi) is 4.98. The third-order valence-electron chi connectivity index (χ3n) is 4.37. The number of halogens is 1. The summed E-state index contributed by atoms with van der Waals surface area (Å²) in [5.41, 5.74) is 2.20. The molecule has 1 N–H and O–H groups in total. The van der Waals surface area contributed by atoms with Crippen LogP contribution in [0.4, 0.5) is 4.39 Å². The van der Waals surface area contributed by atoms with Gasteiger partial charge < -0.3 is 10.2 Å². The van der Waals surface area contributed by atoms with Crippen molar-refractivity contribution in [1.82, 2.24) is 5.32 Å². The molecule has 1 aromatic heterocycles. The van der Waals surface area contributed by atoms with Crippen LogP contribution in [0.5, 0.6) is 0 Å². The van der Waals surface area contributed by atoms with E-state index in [0.717, 1.165) is 10.4 Å². The molecule has 2 aromatic carbocycles. The summed E-state index contributed by atoms with van der Waals surface area (Å²) in [7, 11) is 0. The maximum Gasteiger partial charge on any atom is 0.265 e. The van der Waals surface area contributed by atoms with Gasteiger partial charge in [0, 0.05) is 16.9 Å². The number of nitrogens with zero attached hydrogens (tertiary/aromatic N) is 1. The molecule has 0 saturated heterocycles. The molecule has 2 heterocycles. The van der Waals surface area contributed by atoms with E-state index in [1.54, 1.807) is 23.5 Å². The van der Waals surface area contributed by atoms with E-state index in [-0.39, 0.29) is 17.8 Å². The van der Waals surface area contributed by atoms with Crippen molar-refractivity contribution in [3.05, 3.63) is 93.9 Å². The monoisotopic (exact) mass is 380 g/mol. The van der Waals surface area contributed by atoms with Crippen molar-refractivity contribution in [3.8, 4) is 0 Å². The Hall–Kier alpha value is -2.99. The quantitative estimate of drug-likeness (QED) is 0.718. The van der Waals surface area contributed by atoms with Gasteiger partial charge in [0.25, 0.3) is 5.91 Å². The first-order valence-electron chi connectivity index (χ1n) is 8.58. The first kappa shape index (κ1) is 17.4. The van der Waals surface area contributed by atoms with Crippen LogP contribution < -0.4 is 5.32 Å². The Balaban J connectivity index is 1.48. The second kappa shape index (κ2) is 7.72. The first-order chi connectivity index (χ1) is 13.2. The lowest BCUT2D eigenvalue weighted by Crippen LogP contribution is -2.37. The minimum Gasteiger partial charge on any atom is -0.382 e. The SMILES string of the molecule is O=C(NC(c1ccccc1)c1cccs1)C1CC(c2cccc(F)c2)=NO1. The van der Waals surface area contributed by atoms with E-state index in [9.17, 15) is 9.18 Å². The molecule has 1 aliphatic rings. The smallest absolute Gasteiger partial charge is 0.265 e. The van der Waals surface area contributed by atoms with Crippen LogP contribution >= 0.6 is 11.3 Å². The average Bonchev–Trinajstić information content (AvgIpc) is 3.39. The van der Waals surface area contributed by atoms with Crippen LogP contribution in [-0.4, -0.2) is 17.7 Å². The minimum absolute atomic E-state index is 0.243. The Labute approximate surface area is 160 Å². The molecular weight excluding hydrogens is 363 g/mol. The number of hydrogen-bond donors (Lipinski definition) is 1. The number of rotatable bonds is 5. The highest BCUT2D eigenvalue weighted by atomic mass is 32.1. The van der Waals surface area contributed by atoms with Crippen molar-refractivity contribution in [2.24, 2.45) is 5.16 Å². The van der Waals surface area contributed by atoms with Gasteiger partial charge in [0.1, 0.15) is 5.82 Å². The molecule has 0 saturated carbocycles. The van der Waals surface area contributed by atoms with E-state index in [1.165, 1.54) is 12.1 Å². The van der Waals surface area contributed by atoms with Crippen molar-refractivity contribution >= 4 is 23.0 Å². The van der Waals surface area contributed by atoms with Gasteiger partial charge in [0.15, 0.2) is 0 Å². The van der Waals surface area contributed by atoms with Gasteiger partial charge in [-0.1, -0.05) is 53.7 Å². The van der Waals surface area contributed by atoms with Crippen molar-refractivity contribution in [1.29, 1.82) is 0 Å². The fourth-order valence-electron chi connectivity index (χ4n) is 3.01. The van der Waals surface area contributed by atoms with E-state index in [4.69, 9.17) is 4.84 Å². The van der Waals surface area contributed by atoms with Gasteiger partial charge in [-0.3, -0.25) is 4.79 Å². The van der Waals surface area contributed by atoms with Crippen molar-refractivity contribution in [2.75, 3.05) is 0 Å². The van der Waals surface area contributed by atoms with Gasteiger partial charge in [-0.15, -0.1) is 11.3 Å². The zero-order chi connectivity index (χ0) is 18.6. The fourth-order valence-corrected chi connectivity index (χ4v) is 3.81. The lowest BCUT2D eigenvalue weighted by molar-refractivity contribution is -0.131. The highest BCUT2D eigenvalue weighted by molar-refractivity contribution is 7.10. The average molecular weight is 380 g/mol. The van der Waals surface area contributed by atoms with E-state index in [2.05, 4.69) is 10.5 Å². The number of benzene rings is 2. The Morgan fingerprint density at radius 3 is 2.74 bits per heavy atom. The standard InChI is InChI=1S/C21H17FN2O2S/c22-16-9-4-8-15(12-16)17-13-18(26-24-17)21(25)23-20(19-10-5-11-27-19)14-6-2-1-3-7-14/h1-12,18,20H,13H2,(H,23,25). The van der Waals surface area contributed by atoms with Crippen LogP contribution in [0, 0.1) is 5.82 Å². The number of nitrogens with one attached hydrogen (secondary N) is 1. The number of hydrogen-bond acceptors (Lipinski definition) is 4. The number of carbonyl (C=O) groups excluding carboxylic acids is 1. The molecule has 4 rings (SSSR count). The molecule has 2 unspecified atom stereocenters. The predicted octanol–water partition coefficient (Wildman–Crippen LogP) is 4.29. The van der Waals surface area contributed by atoms with Crippen LogP contribution in [-0.2, 0) is 9.63 Å². The Bertz CT molecular complexity index is 957. The molecule has 0 fully saturated rings. The Morgan fingerprint density at radius 2 is 2.00 bits per heavy atom. The maximum absolute atomic E-state index is 13.4. The van der Waals surface area contributed by atoms with Gasteiger partial charge >= 0.3 is 0 Å². The topological polar surface area (TPSA) is 50.7 Å². The second-order valence-electron chi connectivity index (χ2n) is 6.21. The lowest BCUT2D eigenvalue weighted by Gasteiger charge is -2.19. The van der Waals surface area contributed by atoms with E-state index in [0.29, 0.717) is 17.7 Å².